The molecule has 2 aliphatic rings. The maximum Gasteiger partial charge on any atom is 0.0340 e. The Balaban J connectivity index is 1.39. The summed E-state index contributed by atoms with van der Waals surface area (Å²) >= 11 is 6.46. The molecule has 0 bridgehead atoms. The number of hydrogen-bond acceptors (Lipinski definition) is 5. The summed E-state index contributed by atoms with van der Waals surface area (Å²) in [5.74, 6) is 9.23. The molecule has 3 atom stereocenters. The molecule has 2 fully saturated rings. The maximum atomic E-state index is 2.41. The topological polar surface area (TPSA) is 0 Å². The zero-order chi connectivity index (χ0) is 10.5. The van der Waals surface area contributed by atoms with Crippen LogP contribution in [0.3, 0.4) is 0 Å². The van der Waals surface area contributed by atoms with Crippen LogP contribution in [0, 0.1) is 5.92 Å². The minimum atomic E-state index is 0.904. The molecule has 0 nitrogen and oxygen atoms in total. The molecule has 0 aromatic rings. The van der Waals surface area contributed by atoms with Crippen LogP contribution in [-0.4, -0.2) is 45.0 Å². The molecule has 15 heavy (non-hydrogen) atoms. The van der Waals surface area contributed by atoms with Gasteiger partial charge in [-0.2, -0.15) is 35.3 Å². The fourth-order valence-corrected chi connectivity index (χ4v) is 7.15. The summed E-state index contributed by atoms with van der Waals surface area (Å²) in [6.07, 6.45) is 0. The van der Waals surface area contributed by atoms with Crippen molar-refractivity contribution >= 4 is 56.9 Å². The van der Waals surface area contributed by atoms with Crippen molar-refractivity contribution in [2.24, 2.45) is 5.92 Å². The van der Waals surface area contributed by atoms with Crippen LogP contribution in [-0.2, 0) is 0 Å². The van der Waals surface area contributed by atoms with E-state index in [1.165, 1.54) is 34.5 Å². The Morgan fingerprint density at radius 3 is 2.20 bits per heavy atom. The Morgan fingerprint density at radius 1 is 1.13 bits per heavy atom. The van der Waals surface area contributed by atoms with Crippen molar-refractivity contribution in [1.29, 1.82) is 0 Å². The van der Waals surface area contributed by atoms with Crippen molar-refractivity contribution in [2.45, 2.75) is 17.4 Å². The largest absolute Gasteiger partial charge is 0.161 e. The lowest BCUT2D eigenvalue weighted by atomic mass is 10.3. The summed E-state index contributed by atoms with van der Waals surface area (Å²) in [6.45, 7) is 2.41. The summed E-state index contributed by atoms with van der Waals surface area (Å²) in [4.78, 5) is 0. The Hall–Kier alpha value is 1.75. The predicted molar refractivity (Wildman–Crippen MR) is 83.9 cm³/mol. The average molecular weight is 299 g/mol. The molecule has 2 heterocycles. The maximum absolute atomic E-state index is 2.41. The van der Waals surface area contributed by atoms with Crippen molar-refractivity contribution in [3.05, 3.63) is 0 Å². The van der Waals surface area contributed by atoms with Crippen LogP contribution in [0.5, 0.6) is 0 Å². The normalized spacial score (nSPS) is 31.0. The van der Waals surface area contributed by atoms with Gasteiger partial charge in [-0.05, 0) is 17.4 Å². The molecule has 5 heteroatoms. The molecule has 0 aromatic heterocycles. The highest BCUT2D eigenvalue weighted by molar-refractivity contribution is 8.79. The molecule has 0 amide bonds. The standard InChI is InChI=1S/C10H18S5/c1-8(2-11-4-9-6-13-9)3-12-5-10-7-14-15-10/h8-10H,2-7H2,1H3. The van der Waals surface area contributed by atoms with Crippen molar-refractivity contribution in [3.63, 3.8) is 0 Å². The van der Waals surface area contributed by atoms with Gasteiger partial charge in [-0.1, -0.05) is 28.5 Å². The fraction of sp³-hybridized carbons (Fsp3) is 1.00. The first-order valence-corrected chi connectivity index (χ1v) is 11.1. The highest BCUT2D eigenvalue weighted by Crippen LogP contribution is 2.42. The molecule has 88 valence electrons. The van der Waals surface area contributed by atoms with Gasteiger partial charge in [-0.25, -0.2) is 0 Å². The Bertz CT molecular complexity index is 179. The van der Waals surface area contributed by atoms with Crippen molar-refractivity contribution < 1.29 is 0 Å². The summed E-state index contributed by atoms with van der Waals surface area (Å²) in [5, 5.41) is 1.97. The molecular formula is C10H18S5. The van der Waals surface area contributed by atoms with Crippen molar-refractivity contribution in [1.82, 2.24) is 0 Å². The smallest absolute Gasteiger partial charge is 0.0340 e. The van der Waals surface area contributed by atoms with Crippen molar-refractivity contribution in [3.8, 4) is 0 Å². The molecule has 0 radical (unpaired) electrons. The van der Waals surface area contributed by atoms with Crippen LogP contribution < -0.4 is 0 Å². The van der Waals surface area contributed by atoms with Crippen LogP contribution >= 0.6 is 56.9 Å². The molecule has 3 unspecified atom stereocenters. The van der Waals surface area contributed by atoms with Gasteiger partial charge in [0.2, 0.25) is 0 Å². The van der Waals surface area contributed by atoms with E-state index in [0.29, 0.717) is 0 Å². The van der Waals surface area contributed by atoms with E-state index >= 15 is 0 Å². The monoisotopic (exact) mass is 298 g/mol. The molecule has 0 aliphatic carbocycles. The summed E-state index contributed by atoms with van der Waals surface area (Å²) in [6, 6.07) is 0. The highest BCUT2D eigenvalue weighted by atomic mass is 33.1. The molecule has 2 saturated heterocycles. The summed E-state index contributed by atoms with van der Waals surface area (Å²) in [5.41, 5.74) is 0. The van der Waals surface area contributed by atoms with Gasteiger partial charge in [0.1, 0.15) is 0 Å². The van der Waals surface area contributed by atoms with Gasteiger partial charge < -0.3 is 0 Å². The van der Waals surface area contributed by atoms with E-state index in [0.717, 1.165) is 16.4 Å². The summed E-state index contributed by atoms with van der Waals surface area (Å²) in [7, 11) is 4.10. The third-order valence-electron chi connectivity index (χ3n) is 2.27. The van der Waals surface area contributed by atoms with Gasteiger partial charge in [-0.3, -0.25) is 0 Å². The lowest BCUT2D eigenvalue weighted by Crippen LogP contribution is -2.16. The van der Waals surface area contributed by atoms with Gasteiger partial charge in [0.05, 0.1) is 0 Å². The molecule has 0 aromatic carbocycles. The average Bonchev–Trinajstić information content (AvgIpc) is 2.93. The van der Waals surface area contributed by atoms with Gasteiger partial charge in [0.25, 0.3) is 0 Å². The number of rotatable bonds is 8. The second-order valence-corrected chi connectivity index (χ2v) is 10.3. The first-order chi connectivity index (χ1) is 7.34. The molecule has 0 saturated carbocycles. The quantitative estimate of drug-likeness (QED) is 0.490. The molecule has 0 N–H and O–H groups in total. The summed E-state index contributed by atoms with van der Waals surface area (Å²) < 4.78 is 0. The first kappa shape index (κ1) is 13.2. The van der Waals surface area contributed by atoms with E-state index < -0.39 is 0 Å². The van der Waals surface area contributed by atoms with E-state index in [9.17, 15) is 0 Å². The van der Waals surface area contributed by atoms with Crippen LogP contribution in [0.1, 0.15) is 6.92 Å². The van der Waals surface area contributed by atoms with Crippen molar-refractivity contribution in [2.75, 3.05) is 34.5 Å². The van der Waals surface area contributed by atoms with Gasteiger partial charge in [0, 0.05) is 33.5 Å². The molecular weight excluding hydrogens is 280 g/mol. The highest BCUT2D eigenvalue weighted by Gasteiger charge is 2.22. The van der Waals surface area contributed by atoms with E-state index in [1.807, 2.05) is 10.8 Å². The minimum absolute atomic E-state index is 0.904. The zero-order valence-electron chi connectivity index (χ0n) is 9.02. The molecule has 2 rings (SSSR count). The van der Waals surface area contributed by atoms with E-state index in [-0.39, 0.29) is 0 Å². The number of hydrogen-bond donors (Lipinski definition) is 0. The fourth-order valence-electron chi connectivity index (χ4n) is 1.25. The van der Waals surface area contributed by atoms with Crippen LogP contribution in [0.25, 0.3) is 0 Å². The lowest BCUT2D eigenvalue weighted by molar-refractivity contribution is 0.763. The Labute approximate surface area is 114 Å². The second-order valence-electron chi connectivity index (χ2n) is 4.14. The Morgan fingerprint density at radius 2 is 1.73 bits per heavy atom. The zero-order valence-corrected chi connectivity index (χ0v) is 13.1. The Kier molecular flexibility index (Phi) is 6.37. The van der Waals surface area contributed by atoms with Crippen LogP contribution in [0.2, 0.25) is 0 Å². The SMILES string of the molecule is CC(CSCC1CS1)CSCC1CSS1. The molecule has 0 spiro atoms. The van der Waals surface area contributed by atoms with Gasteiger partial charge >= 0.3 is 0 Å². The van der Waals surface area contributed by atoms with Crippen LogP contribution in [0.15, 0.2) is 0 Å². The van der Waals surface area contributed by atoms with Gasteiger partial charge in [-0.15, -0.1) is 0 Å². The predicted octanol–water partition coefficient (Wildman–Crippen LogP) is 3.97. The van der Waals surface area contributed by atoms with E-state index in [1.54, 1.807) is 0 Å². The minimum Gasteiger partial charge on any atom is -0.161 e. The van der Waals surface area contributed by atoms with Gasteiger partial charge in [0.15, 0.2) is 0 Å². The third-order valence-corrected chi connectivity index (χ3v) is 9.68. The third kappa shape index (κ3) is 5.75. The van der Waals surface area contributed by atoms with Crippen LogP contribution in [0.4, 0.5) is 0 Å². The van der Waals surface area contributed by atoms with E-state index in [4.69, 9.17) is 0 Å². The van der Waals surface area contributed by atoms with E-state index in [2.05, 4.69) is 53.0 Å². The molecule has 2 aliphatic heterocycles. The first-order valence-electron chi connectivity index (χ1n) is 5.40. The lowest BCUT2D eigenvalue weighted by Gasteiger charge is -2.23. The number of thioether (sulfide) groups is 3. The second kappa shape index (κ2) is 7.24.